The van der Waals surface area contributed by atoms with E-state index in [9.17, 15) is 14.4 Å². The van der Waals surface area contributed by atoms with Gasteiger partial charge in [0.05, 0.1) is 12.5 Å². The highest BCUT2D eigenvalue weighted by Crippen LogP contribution is 2.17. The van der Waals surface area contributed by atoms with Crippen LogP contribution < -0.4 is 5.32 Å². The number of likely N-dealkylation sites (tertiary alicyclic amines) is 2. The molecular formula is C14H23N3O3. The highest BCUT2D eigenvalue weighted by molar-refractivity contribution is 5.84. The number of nitrogens with one attached hydrogen (secondary N) is 1. The Morgan fingerprint density at radius 1 is 1.25 bits per heavy atom. The summed E-state index contributed by atoms with van der Waals surface area (Å²) in [6.45, 7) is 2.97. The second-order valence-electron chi connectivity index (χ2n) is 5.61. The second kappa shape index (κ2) is 6.83. The first-order valence-electron chi connectivity index (χ1n) is 7.33. The first-order valence-corrected chi connectivity index (χ1v) is 7.33. The van der Waals surface area contributed by atoms with E-state index in [2.05, 4.69) is 10.2 Å². The van der Waals surface area contributed by atoms with E-state index in [0.717, 1.165) is 19.4 Å². The molecule has 2 rings (SSSR count). The third kappa shape index (κ3) is 3.79. The summed E-state index contributed by atoms with van der Waals surface area (Å²) in [5, 5.41) is 2.68. The zero-order valence-corrected chi connectivity index (χ0v) is 12.1. The maximum atomic E-state index is 12.2. The van der Waals surface area contributed by atoms with Gasteiger partial charge in [0.15, 0.2) is 0 Å². The van der Waals surface area contributed by atoms with Gasteiger partial charge in [0.1, 0.15) is 5.78 Å². The summed E-state index contributed by atoms with van der Waals surface area (Å²) in [4.78, 5) is 38.9. The van der Waals surface area contributed by atoms with Gasteiger partial charge >= 0.3 is 0 Å². The molecule has 2 saturated heterocycles. The van der Waals surface area contributed by atoms with Crippen molar-refractivity contribution < 1.29 is 14.4 Å². The van der Waals surface area contributed by atoms with Gasteiger partial charge in [-0.3, -0.25) is 19.3 Å². The number of amides is 2. The van der Waals surface area contributed by atoms with Gasteiger partial charge < -0.3 is 10.2 Å². The van der Waals surface area contributed by atoms with Crippen LogP contribution in [0.25, 0.3) is 0 Å². The molecule has 1 unspecified atom stereocenters. The van der Waals surface area contributed by atoms with E-state index >= 15 is 0 Å². The third-order valence-electron chi connectivity index (χ3n) is 4.16. The lowest BCUT2D eigenvalue weighted by Crippen LogP contribution is -2.48. The molecule has 2 heterocycles. The van der Waals surface area contributed by atoms with Crippen molar-refractivity contribution in [3.05, 3.63) is 0 Å². The van der Waals surface area contributed by atoms with Crippen LogP contribution in [0.2, 0.25) is 0 Å². The number of nitrogens with zero attached hydrogens (tertiary/aromatic N) is 2. The Balaban J connectivity index is 1.81. The lowest BCUT2D eigenvalue weighted by molar-refractivity contribution is -0.137. The molecule has 0 spiro atoms. The zero-order valence-electron chi connectivity index (χ0n) is 12.1. The maximum Gasteiger partial charge on any atom is 0.236 e. The Morgan fingerprint density at radius 2 is 1.95 bits per heavy atom. The summed E-state index contributed by atoms with van der Waals surface area (Å²) in [5.74, 6) is 0.372. The van der Waals surface area contributed by atoms with Gasteiger partial charge in [-0.25, -0.2) is 0 Å². The fourth-order valence-corrected chi connectivity index (χ4v) is 2.91. The van der Waals surface area contributed by atoms with Crippen molar-refractivity contribution in [2.45, 2.75) is 25.7 Å². The lowest BCUT2D eigenvalue weighted by atomic mass is 9.97. The minimum Gasteiger partial charge on any atom is -0.359 e. The summed E-state index contributed by atoms with van der Waals surface area (Å²) in [7, 11) is 1.65. The van der Waals surface area contributed by atoms with Crippen molar-refractivity contribution in [3.63, 3.8) is 0 Å². The van der Waals surface area contributed by atoms with E-state index in [0.29, 0.717) is 39.0 Å². The van der Waals surface area contributed by atoms with Gasteiger partial charge in [-0.2, -0.15) is 0 Å². The van der Waals surface area contributed by atoms with Gasteiger partial charge in [-0.1, -0.05) is 0 Å². The summed E-state index contributed by atoms with van der Waals surface area (Å²) in [6, 6.07) is 0. The van der Waals surface area contributed by atoms with Crippen LogP contribution in [-0.4, -0.2) is 67.2 Å². The van der Waals surface area contributed by atoms with Crippen LogP contribution in [0.5, 0.6) is 0 Å². The van der Waals surface area contributed by atoms with Crippen LogP contribution in [0.4, 0.5) is 0 Å². The average molecular weight is 281 g/mol. The molecule has 1 atom stereocenters. The van der Waals surface area contributed by atoms with Crippen LogP contribution in [0.1, 0.15) is 25.7 Å². The molecule has 0 aromatic carbocycles. The SMILES string of the molecule is CNC(=O)C1CCCN(CC(=O)N2CCC(=O)CC2)C1. The third-order valence-corrected chi connectivity index (χ3v) is 4.16. The Labute approximate surface area is 119 Å². The molecule has 0 aliphatic carbocycles. The van der Waals surface area contributed by atoms with Crippen LogP contribution in [0, 0.1) is 5.92 Å². The molecule has 0 radical (unpaired) electrons. The van der Waals surface area contributed by atoms with Crippen molar-refractivity contribution in [1.82, 2.24) is 15.1 Å². The molecule has 6 heteroatoms. The van der Waals surface area contributed by atoms with E-state index in [1.807, 2.05) is 0 Å². The van der Waals surface area contributed by atoms with Crippen molar-refractivity contribution in [3.8, 4) is 0 Å². The molecule has 112 valence electrons. The molecule has 2 aliphatic rings. The van der Waals surface area contributed by atoms with Crippen molar-refractivity contribution in [1.29, 1.82) is 0 Å². The van der Waals surface area contributed by atoms with Crippen molar-refractivity contribution in [2.75, 3.05) is 39.8 Å². The Hall–Kier alpha value is -1.43. The predicted octanol–water partition coefficient (Wildman–Crippen LogP) is -0.364. The molecule has 0 saturated carbocycles. The summed E-state index contributed by atoms with van der Waals surface area (Å²) < 4.78 is 0. The Kier molecular flexibility index (Phi) is 5.11. The molecule has 0 bridgehead atoms. The highest BCUT2D eigenvalue weighted by Gasteiger charge is 2.28. The minimum absolute atomic E-state index is 0.00974. The molecule has 0 aromatic heterocycles. The number of hydrogen-bond donors (Lipinski definition) is 1. The fraction of sp³-hybridized carbons (Fsp3) is 0.786. The average Bonchev–Trinajstić information content (AvgIpc) is 2.47. The number of carbonyl (C=O) groups is 3. The van der Waals surface area contributed by atoms with E-state index in [1.165, 1.54) is 0 Å². The molecule has 2 amide bonds. The topological polar surface area (TPSA) is 69.7 Å². The molecule has 2 fully saturated rings. The highest BCUT2D eigenvalue weighted by atomic mass is 16.2. The second-order valence-corrected chi connectivity index (χ2v) is 5.61. The molecular weight excluding hydrogens is 258 g/mol. The molecule has 20 heavy (non-hydrogen) atoms. The number of piperidine rings is 2. The van der Waals surface area contributed by atoms with Crippen molar-refractivity contribution in [2.24, 2.45) is 5.92 Å². The van der Waals surface area contributed by atoms with Gasteiger partial charge in [-0.15, -0.1) is 0 Å². The largest absolute Gasteiger partial charge is 0.359 e. The quantitative estimate of drug-likeness (QED) is 0.767. The smallest absolute Gasteiger partial charge is 0.236 e. The van der Waals surface area contributed by atoms with Gasteiger partial charge in [0.25, 0.3) is 0 Å². The maximum absolute atomic E-state index is 12.2. The van der Waals surface area contributed by atoms with Crippen LogP contribution in [-0.2, 0) is 14.4 Å². The van der Waals surface area contributed by atoms with Crippen molar-refractivity contribution >= 4 is 17.6 Å². The monoisotopic (exact) mass is 281 g/mol. The molecule has 2 aliphatic heterocycles. The van der Waals surface area contributed by atoms with Crippen LogP contribution in [0.3, 0.4) is 0 Å². The van der Waals surface area contributed by atoms with Gasteiger partial charge in [0.2, 0.25) is 11.8 Å². The summed E-state index contributed by atoms with van der Waals surface area (Å²) in [6.07, 6.45) is 2.80. The summed E-state index contributed by atoms with van der Waals surface area (Å²) >= 11 is 0. The zero-order chi connectivity index (χ0) is 14.5. The first kappa shape index (κ1) is 15.0. The predicted molar refractivity (Wildman–Crippen MR) is 74.1 cm³/mol. The van der Waals surface area contributed by atoms with Crippen LogP contribution >= 0.6 is 0 Å². The number of carbonyl (C=O) groups excluding carboxylic acids is 3. The molecule has 6 nitrogen and oxygen atoms in total. The van der Waals surface area contributed by atoms with Gasteiger partial charge in [-0.05, 0) is 19.4 Å². The fourth-order valence-electron chi connectivity index (χ4n) is 2.91. The van der Waals surface area contributed by atoms with E-state index in [4.69, 9.17) is 0 Å². The number of rotatable bonds is 3. The minimum atomic E-state index is -0.00974. The van der Waals surface area contributed by atoms with E-state index in [1.54, 1.807) is 11.9 Å². The number of hydrogen-bond acceptors (Lipinski definition) is 4. The normalized spacial score (nSPS) is 24.6. The number of ketones is 1. The standard InChI is InChI=1S/C14H23N3O3/c1-15-14(20)11-3-2-6-16(9-11)10-13(19)17-7-4-12(18)5-8-17/h11H,2-10H2,1H3,(H,15,20). The molecule has 1 N–H and O–H groups in total. The van der Waals surface area contributed by atoms with Crippen LogP contribution in [0.15, 0.2) is 0 Å². The summed E-state index contributed by atoms with van der Waals surface area (Å²) in [5.41, 5.74) is 0. The Morgan fingerprint density at radius 3 is 2.60 bits per heavy atom. The molecule has 0 aromatic rings. The Bertz CT molecular complexity index is 387. The number of Topliss-reactive ketones (excluding diaryl/α,β-unsaturated/α-hetero) is 1. The lowest BCUT2D eigenvalue weighted by Gasteiger charge is -2.33. The van der Waals surface area contributed by atoms with E-state index < -0.39 is 0 Å². The first-order chi connectivity index (χ1) is 9.60. The van der Waals surface area contributed by atoms with Gasteiger partial charge in [0, 0.05) is 39.5 Å². The van der Waals surface area contributed by atoms with E-state index in [-0.39, 0.29) is 23.5 Å².